The number of amides is 1. The largest absolute Gasteiger partial charge is 0.451 e. The number of nitrogens with zero attached hydrogens (tertiary/aromatic N) is 4. The van der Waals surface area contributed by atoms with Crippen LogP contribution in [0, 0.1) is 10.1 Å². The van der Waals surface area contributed by atoms with Gasteiger partial charge in [-0.25, -0.2) is 9.48 Å². The topological polar surface area (TPSA) is 112 Å². The molecule has 0 bridgehead atoms. The van der Waals surface area contributed by atoms with E-state index < -0.39 is 35.1 Å². The minimum absolute atomic E-state index is 0.186. The van der Waals surface area contributed by atoms with Crippen LogP contribution in [0.1, 0.15) is 5.82 Å². The molecule has 2 aromatic rings. The average molecular weight is 345 g/mol. The Morgan fingerprint density at radius 2 is 1.92 bits per heavy atom. The summed E-state index contributed by atoms with van der Waals surface area (Å²) in [6.45, 7) is -0.736. The second kappa shape index (κ2) is 6.14. The number of nitrogens with one attached hydrogen (secondary N) is 1. The van der Waals surface area contributed by atoms with Crippen LogP contribution in [0.4, 0.5) is 24.5 Å². The third kappa shape index (κ3) is 3.59. The molecule has 0 fully saturated rings. The fourth-order valence-electron chi connectivity index (χ4n) is 1.84. The van der Waals surface area contributed by atoms with Crippen molar-refractivity contribution in [2.45, 2.75) is 12.7 Å². The Labute approximate surface area is 131 Å². The molecule has 24 heavy (non-hydrogen) atoms. The first-order valence-electron chi connectivity index (χ1n) is 6.35. The smallest absolute Gasteiger partial charge is 0.324 e. The molecule has 0 aliphatic heterocycles. The molecule has 9 nitrogen and oxygen atoms in total. The van der Waals surface area contributed by atoms with Gasteiger partial charge in [0.05, 0.1) is 4.92 Å². The van der Waals surface area contributed by atoms with Crippen molar-refractivity contribution in [2.24, 2.45) is 7.05 Å². The van der Waals surface area contributed by atoms with Crippen LogP contribution in [0.15, 0.2) is 29.1 Å². The first-order chi connectivity index (χ1) is 11.1. The van der Waals surface area contributed by atoms with E-state index in [9.17, 15) is 32.9 Å². The van der Waals surface area contributed by atoms with Gasteiger partial charge in [-0.2, -0.15) is 13.2 Å². The van der Waals surface area contributed by atoms with Crippen molar-refractivity contribution >= 4 is 17.3 Å². The number of alkyl halides is 3. The number of hydrogen-bond acceptors (Lipinski definition) is 5. The summed E-state index contributed by atoms with van der Waals surface area (Å²) in [5.74, 6) is -2.23. The van der Waals surface area contributed by atoms with Crippen LogP contribution in [0.25, 0.3) is 0 Å². The zero-order valence-electron chi connectivity index (χ0n) is 12.1. The zero-order valence-corrected chi connectivity index (χ0v) is 12.1. The maximum atomic E-state index is 12.6. The second-order valence-electron chi connectivity index (χ2n) is 4.67. The highest BCUT2D eigenvalue weighted by molar-refractivity contribution is 5.90. The van der Waals surface area contributed by atoms with Crippen LogP contribution < -0.4 is 11.0 Å². The van der Waals surface area contributed by atoms with Gasteiger partial charge in [0.1, 0.15) is 6.54 Å². The van der Waals surface area contributed by atoms with Crippen LogP contribution in [-0.2, 0) is 24.6 Å². The SMILES string of the molecule is Cn1c(C(F)(F)F)nn(CC(=O)Nc2ccc([N+](=O)[O-])cc2)c1=O. The number of non-ortho nitro benzene ring substituents is 1. The van der Waals surface area contributed by atoms with E-state index in [2.05, 4.69) is 10.4 Å². The summed E-state index contributed by atoms with van der Waals surface area (Å²) < 4.78 is 38.6. The van der Waals surface area contributed by atoms with Gasteiger partial charge in [-0.3, -0.25) is 19.5 Å². The average Bonchev–Trinajstić information content (AvgIpc) is 2.76. The number of halogens is 3. The molecule has 128 valence electrons. The highest BCUT2D eigenvalue weighted by atomic mass is 19.4. The van der Waals surface area contributed by atoms with Gasteiger partial charge in [0.25, 0.3) is 5.69 Å². The lowest BCUT2D eigenvalue weighted by Gasteiger charge is -2.04. The molecule has 0 aliphatic carbocycles. The van der Waals surface area contributed by atoms with Crippen LogP contribution in [-0.4, -0.2) is 25.2 Å². The highest BCUT2D eigenvalue weighted by Gasteiger charge is 2.38. The van der Waals surface area contributed by atoms with Gasteiger partial charge in [0, 0.05) is 24.9 Å². The van der Waals surface area contributed by atoms with Gasteiger partial charge in [0.15, 0.2) is 0 Å². The van der Waals surface area contributed by atoms with Crippen molar-refractivity contribution in [3.8, 4) is 0 Å². The minimum atomic E-state index is -4.83. The van der Waals surface area contributed by atoms with Gasteiger partial charge in [-0.05, 0) is 12.1 Å². The maximum Gasteiger partial charge on any atom is 0.451 e. The predicted molar refractivity (Wildman–Crippen MR) is 74.2 cm³/mol. The van der Waals surface area contributed by atoms with Crippen molar-refractivity contribution in [1.29, 1.82) is 0 Å². The fraction of sp³-hybridized carbons (Fsp3) is 0.250. The van der Waals surface area contributed by atoms with E-state index >= 15 is 0 Å². The molecule has 0 saturated heterocycles. The summed E-state index contributed by atoms with van der Waals surface area (Å²) in [7, 11) is 0.892. The van der Waals surface area contributed by atoms with Crippen molar-refractivity contribution < 1.29 is 22.9 Å². The van der Waals surface area contributed by atoms with E-state index in [0.29, 0.717) is 9.25 Å². The van der Waals surface area contributed by atoms with Crippen LogP contribution in [0.2, 0.25) is 0 Å². The Balaban J connectivity index is 2.13. The fourth-order valence-corrected chi connectivity index (χ4v) is 1.84. The quantitative estimate of drug-likeness (QED) is 0.660. The summed E-state index contributed by atoms with van der Waals surface area (Å²) in [4.78, 5) is 33.3. The van der Waals surface area contributed by atoms with E-state index in [1.807, 2.05) is 0 Å². The summed E-state index contributed by atoms with van der Waals surface area (Å²) >= 11 is 0. The van der Waals surface area contributed by atoms with Crippen molar-refractivity contribution in [1.82, 2.24) is 14.3 Å². The number of hydrogen-bond donors (Lipinski definition) is 1. The molecule has 1 aromatic carbocycles. The molecular formula is C12H10F3N5O4. The molecule has 1 N–H and O–H groups in total. The number of nitro groups is 1. The lowest BCUT2D eigenvalue weighted by Crippen LogP contribution is -2.29. The van der Waals surface area contributed by atoms with Crippen molar-refractivity contribution in [3.05, 3.63) is 50.7 Å². The standard InChI is InChI=1S/C12H10F3N5O4/c1-18-10(12(13,14)15)17-19(11(18)22)6-9(21)16-7-2-4-8(5-3-7)20(23)24/h2-5H,6H2,1H3,(H,16,21). The highest BCUT2D eigenvalue weighted by Crippen LogP contribution is 2.26. The predicted octanol–water partition coefficient (Wildman–Crippen LogP) is 1.15. The number of nitro benzene ring substituents is 1. The summed E-state index contributed by atoms with van der Waals surface area (Å²) in [6, 6.07) is 4.78. The molecule has 0 saturated carbocycles. The molecule has 1 amide bonds. The van der Waals surface area contributed by atoms with Gasteiger partial charge < -0.3 is 5.32 Å². The lowest BCUT2D eigenvalue weighted by molar-refractivity contribution is -0.384. The Kier molecular flexibility index (Phi) is 4.39. The minimum Gasteiger partial charge on any atom is -0.324 e. The molecule has 2 rings (SSSR count). The molecular weight excluding hydrogens is 335 g/mol. The third-order valence-electron chi connectivity index (χ3n) is 2.95. The Hall–Kier alpha value is -3.18. The van der Waals surface area contributed by atoms with E-state index in [1.165, 1.54) is 12.1 Å². The number of benzene rings is 1. The van der Waals surface area contributed by atoms with Gasteiger partial charge in [-0.1, -0.05) is 0 Å². The van der Waals surface area contributed by atoms with Gasteiger partial charge in [-0.15, -0.1) is 5.10 Å². The summed E-state index contributed by atoms with van der Waals surface area (Å²) in [6.07, 6.45) is -4.83. The van der Waals surface area contributed by atoms with E-state index in [0.717, 1.165) is 19.2 Å². The Morgan fingerprint density at radius 3 is 2.38 bits per heavy atom. The second-order valence-corrected chi connectivity index (χ2v) is 4.67. The van der Waals surface area contributed by atoms with Crippen LogP contribution >= 0.6 is 0 Å². The summed E-state index contributed by atoms with van der Waals surface area (Å²) in [5.41, 5.74) is -1.10. The van der Waals surface area contributed by atoms with Gasteiger partial charge in [0.2, 0.25) is 11.7 Å². The lowest BCUT2D eigenvalue weighted by atomic mass is 10.3. The Bertz CT molecular complexity index is 838. The number of carbonyl (C=O) groups is 1. The summed E-state index contributed by atoms with van der Waals surface area (Å²) in [5, 5.41) is 15.9. The van der Waals surface area contributed by atoms with E-state index in [-0.39, 0.29) is 11.4 Å². The number of anilines is 1. The normalized spacial score (nSPS) is 11.3. The molecule has 1 heterocycles. The maximum absolute atomic E-state index is 12.6. The zero-order chi connectivity index (χ0) is 18.1. The molecule has 12 heteroatoms. The Morgan fingerprint density at radius 1 is 1.33 bits per heavy atom. The van der Waals surface area contributed by atoms with E-state index in [1.54, 1.807) is 0 Å². The first kappa shape index (κ1) is 17.2. The molecule has 1 aromatic heterocycles. The van der Waals surface area contributed by atoms with Crippen molar-refractivity contribution in [2.75, 3.05) is 5.32 Å². The monoisotopic (exact) mass is 345 g/mol. The van der Waals surface area contributed by atoms with Gasteiger partial charge >= 0.3 is 11.9 Å². The molecule has 0 aliphatic rings. The molecule has 0 unspecified atom stereocenters. The number of aromatic nitrogens is 3. The van der Waals surface area contributed by atoms with Crippen LogP contribution in [0.3, 0.4) is 0 Å². The molecule has 0 spiro atoms. The van der Waals surface area contributed by atoms with E-state index in [4.69, 9.17) is 0 Å². The third-order valence-corrected chi connectivity index (χ3v) is 2.95. The number of rotatable bonds is 4. The first-order valence-corrected chi connectivity index (χ1v) is 6.35. The van der Waals surface area contributed by atoms with Crippen LogP contribution in [0.5, 0.6) is 0 Å². The molecule has 0 atom stereocenters. The molecule has 0 radical (unpaired) electrons. The number of carbonyl (C=O) groups excluding carboxylic acids is 1. The van der Waals surface area contributed by atoms with Crippen molar-refractivity contribution in [3.63, 3.8) is 0 Å².